The van der Waals surface area contributed by atoms with Gasteiger partial charge >= 0.3 is 12.0 Å². The SMILES string of the molecule is C=CC(=O)N(C)[C@@H]1CCN(C(=O)N(C)[C@H](C(=O)NC2Cc3nc(cs3)-c3ccc4c(c3)c3c(n4CC)-c4cccnc4[C@@H](OC)C3C(C)(C)COC(=O)[C@@H]3CCCN(N3)C2=O)C(C)C)C1. The molecule has 0 radical (unpaired) electrons. The molecule has 2 fully saturated rings. The van der Waals surface area contributed by atoms with Crippen molar-refractivity contribution in [1.29, 1.82) is 0 Å². The van der Waals surface area contributed by atoms with Crippen LogP contribution in [0.15, 0.2) is 54.6 Å². The normalized spacial score (nSPS) is 23.4. The summed E-state index contributed by atoms with van der Waals surface area (Å²) < 4.78 is 14.9. The predicted molar refractivity (Wildman–Crippen MR) is 247 cm³/mol. The number of ether oxygens (including phenoxy) is 2. The van der Waals surface area contributed by atoms with Crippen LogP contribution in [-0.4, -0.2) is 136 Å². The lowest BCUT2D eigenvalue weighted by Crippen LogP contribution is -2.62. The fourth-order valence-corrected chi connectivity index (χ4v) is 11.3. The number of rotatable bonds is 8. The minimum Gasteiger partial charge on any atom is -0.464 e. The lowest BCUT2D eigenvalue weighted by atomic mass is 9.67. The minimum absolute atomic E-state index is 0.0707. The van der Waals surface area contributed by atoms with E-state index in [0.717, 1.165) is 44.7 Å². The van der Waals surface area contributed by atoms with Gasteiger partial charge in [-0.1, -0.05) is 40.3 Å². The zero-order valence-corrected chi connectivity index (χ0v) is 39.4. The highest BCUT2D eigenvalue weighted by molar-refractivity contribution is 7.10. The molecule has 8 rings (SSSR count). The summed E-state index contributed by atoms with van der Waals surface area (Å²) in [5.74, 6) is -2.21. The van der Waals surface area contributed by atoms with Crippen molar-refractivity contribution in [2.75, 3.05) is 47.4 Å². The lowest BCUT2D eigenvalue weighted by molar-refractivity contribution is -0.156. The molecule has 5 amide bonds. The Morgan fingerprint density at radius 2 is 1.94 bits per heavy atom. The van der Waals surface area contributed by atoms with Gasteiger partial charge in [-0.2, -0.15) is 0 Å². The van der Waals surface area contributed by atoms with E-state index in [2.05, 4.69) is 66.9 Å². The first kappa shape index (κ1) is 45.9. The molecule has 4 aliphatic rings. The van der Waals surface area contributed by atoms with Crippen LogP contribution in [0.5, 0.6) is 0 Å². The van der Waals surface area contributed by atoms with Crippen molar-refractivity contribution in [3.05, 3.63) is 70.8 Å². The van der Waals surface area contributed by atoms with E-state index in [1.165, 1.54) is 27.3 Å². The number of likely N-dealkylation sites (N-methyl/N-ethyl adjacent to an activating group) is 2. The van der Waals surface area contributed by atoms with Crippen LogP contribution in [0, 0.1) is 11.3 Å². The number of likely N-dealkylation sites (tertiary alicyclic amines) is 1. The van der Waals surface area contributed by atoms with E-state index >= 15 is 0 Å². The van der Waals surface area contributed by atoms with Crippen molar-refractivity contribution < 1.29 is 33.4 Å². The highest BCUT2D eigenvalue weighted by Crippen LogP contribution is 2.57. The molecular weight excluding hydrogens is 847 g/mol. The van der Waals surface area contributed by atoms with Gasteiger partial charge in [-0.05, 0) is 68.0 Å². The number of nitrogens with zero attached hydrogens (tertiary/aromatic N) is 7. The van der Waals surface area contributed by atoms with E-state index in [1.807, 2.05) is 25.3 Å². The van der Waals surface area contributed by atoms with Crippen LogP contribution in [0.3, 0.4) is 0 Å². The molecule has 2 saturated heterocycles. The second kappa shape index (κ2) is 18.3. The van der Waals surface area contributed by atoms with Gasteiger partial charge in [0.1, 0.15) is 24.2 Å². The van der Waals surface area contributed by atoms with Crippen molar-refractivity contribution in [3.63, 3.8) is 0 Å². The summed E-state index contributed by atoms with van der Waals surface area (Å²) in [7, 11) is 4.99. The number of thiazole rings is 1. The van der Waals surface area contributed by atoms with E-state index in [9.17, 15) is 24.0 Å². The number of benzene rings is 1. The minimum atomic E-state index is -1.09. The van der Waals surface area contributed by atoms with Gasteiger partial charge in [0.05, 0.1) is 34.7 Å². The molecule has 3 aliphatic heterocycles. The van der Waals surface area contributed by atoms with E-state index < -0.39 is 47.4 Å². The van der Waals surface area contributed by atoms with Crippen molar-refractivity contribution >= 4 is 52.0 Å². The van der Waals surface area contributed by atoms with E-state index in [0.29, 0.717) is 50.4 Å². The molecule has 0 spiro atoms. The maximum absolute atomic E-state index is 14.7. The standard InChI is InChI=1S/C48H61N9O7S/c1-10-37(58)53(7)29-18-21-55(24-29)47(62)54(8)41(27(3)4)44(59)51-33-23-36-50-34(25-65-36)28-16-17-35-31(22-28)38-39(43(63-9)40-30(14-12-19-49-40)42(38)56(35)11-2)48(5,6)26-64-46(61)32-15-13-20-57(52-32)45(33)60/h10,12,14,16-17,19,22,25,27,29,32-33,39,41,43,52H,1,11,13,15,18,20-21,23-24,26H2,2-9H3,(H,51,59)/t29-,32+,33?,39?,41+,43+/m1/s1. The molecule has 65 heavy (non-hydrogen) atoms. The number of hydrogen-bond donors (Lipinski definition) is 2. The third kappa shape index (κ3) is 8.42. The van der Waals surface area contributed by atoms with Crippen molar-refractivity contribution in [3.8, 4) is 22.5 Å². The quantitative estimate of drug-likeness (QED) is 0.169. The zero-order valence-electron chi connectivity index (χ0n) is 38.6. The summed E-state index contributed by atoms with van der Waals surface area (Å²) in [4.78, 5) is 84.1. The fraction of sp³-hybridized carbons (Fsp3) is 0.521. The summed E-state index contributed by atoms with van der Waals surface area (Å²) in [5.41, 5.74) is 9.20. The molecule has 6 bridgehead atoms. The molecule has 4 aromatic rings. The first-order valence-corrected chi connectivity index (χ1v) is 23.5. The second-order valence-corrected chi connectivity index (χ2v) is 19.7. The van der Waals surface area contributed by atoms with Gasteiger partial charge in [0.15, 0.2) is 0 Å². The molecule has 0 saturated carbocycles. The topological polar surface area (TPSA) is 172 Å². The Bertz CT molecular complexity index is 2520. The average molecular weight is 908 g/mol. The number of methoxy groups -OCH3 is 1. The molecule has 6 atom stereocenters. The number of amides is 5. The molecule has 1 aliphatic carbocycles. The summed E-state index contributed by atoms with van der Waals surface area (Å²) in [5, 5.41) is 8.09. The number of carbonyl (C=O) groups excluding carboxylic acids is 5. The van der Waals surface area contributed by atoms with Crippen LogP contribution in [0.2, 0.25) is 0 Å². The Morgan fingerprint density at radius 3 is 2.66 bits per heavy atom. The smallest absolute Gasteiger partial charge is 0.324 e. The van der Waals surface area contributed by atoms with Gasteiger partial charge in [-0.25, -0.2) is 15.2 Å². The van der Waals surface area contributed by atoms with E-state index in [1.54, 1.807) is 37.2 Å². The molecule has 2 N–H and O–H groups in total. The Balaban J connectivity index is 1.16. The number of cyclic esters (lactones) is 1. The van der Waals surface area contributed by atoms with Gasteiger partial charge in [0.2, 0.25) is 11.8 Å². The summed E-state index contributed by atoms with van der Waals surface area (Å²) in [6, 6.07) is 7.06. The molecule has 2 unspecified atom stereocenters. The van der Waals surface area contributed by atoms with Crippen LogP contribution >= 0.6 is 11.3 Å². The van der Waals surface area contributed by atoms with Crippen LogP contribution in [0.25, 0.3) is 33.4 Å². The number of urea groups is 1. The number of aryl methyl sites for hydroxylation is 1. The summed E-state index contributed by atoms with van der Waals surface area (Å²) >= 11 is 1.40. The van der Waals surface area contributed by atoms with Crippen molar-refractivity contribution in [2.45, 2.75) is 103 Å². The molecule has 1 aromatic carbocycles. The van der Waals surface area contributed by atoms with Crippen LogP contribution in [-0.2, 0) is 41.6 Å². The monoisotopic (exact) mass is 907 g/mol. The molecular formula is C48H61N9O7S. The Labute approximate surface area is 384 Å². The number of fused-ring (bicyclic) bond motifs is 8. The molecule has 3 aromatic heterocycles. The number of carbonyl (C=O) groups is 5. The number of hydrogen-bond acceptors (Lipinski definition) is 11. The van der Waals surface area contributed by atoms with Gasteiger partial charge in [-0.3, -0.25) is 29.2 Å². The molecule has 17 heteroatoms. The van der Waals surface area contributed by atoms with Gasteiger partial charge in [-0.15, -0.1) is 11.3 Å². The summed E-state index contributed by atoms with van der Waals surface area (Å²) in [6.45, 7) is 15.4. The number of hydrazine groups is 1. The first-order valence-electron chi connectivity index (χ1n) is 22.6. The molecule has 16 nitrogen and oxygen atoms in total. The fourth-order valence-electron chi connectivity index (χ4n) is 10.4. The van der Waals surface area contributed by atoms with Gasteiger partial charge in [0.25, 0.3) is 5.91 Å². The van der Waals surface area contributed by atoms with Crippen LogP contribution in [0.1, 0.15) is 82.2 Å². The Morgan fingerprint density at radius 1 is 1.15 bits per heavy atom. The predicted octanol–water partition coefficient (Wildman–Crippen LogP) is 5.53. The number of esters is 1. The highest BCUT2D eigenvalue weighted by atomic mass is 32.1. The third-order valence-corrected chi connectivity index (χ3v) is 14.6. The maximum atomic E-state index is 14.7. The van der Waals surface area contributed by atoms with E-state index in [-0.39, 0.29) is 42.8 Å². The highest BCUT2D eigenvalue weighted by Gasteiger charge is 2.48. The maximum Gasteiger partial charge on any atom is 0.324 e. The number of nitrogens with one attached hydrogen (secondary N) is 2. The van der Waals surface area contributed by atoms with E-state index in [4.69, 9.17) is 19.4 Å². The largest absolute Gasteiger partial charge is 0.464 e. The Hall–Kier alpha value is -5.65. The zero-order chi connectivity index (χ0) is 46.5. The average Bonchev–Trinajstić information content (AvgIpc) is 4.07. The Kier molecular flexibility index (Phi) is 12.9. The lowest BCUT2D eigenvalue weighted by Gasteiger charge is -2.42. The van der Waals surface area contributed by atoms with Crippen molar-refractivity contribution in [1.82, 2.24) is 45.0 Å². The van der Waals surface area contributed by atoms with Crippen LogP contribution < -0.4 is 10.7 Å². The molecule has 6 heterocycles. The van der Waals surface area contributed by atoms with Crippen molar-refractivity contribution in [2.24, 2.45) is 11.3 Å². The number of pyridine rings is 1. The van der Waals surface area contributed by atoms with Gasteiger partial charge in [0, 0.05) is 98.7 Å². The number of aromatic nitrogens is 3. The summed E-state index contributed by atoms with van der Waals surface area (Å²) in [6.07, 6.45) is 4.26. The van der Waals surface area contributed by atoms with Gasteiger partial charge < -0.3 is 34.1 Å². The first-order chi connectivity index (χ1) is 31.1. The second-order valence-electron chi connectivity index (χ2n) is 18.7. The van der Waals surface area contributed by atoms with Crippen LogP contribution in [0.4, 0.5) is 4.79 Å². The third-order valence-electron chi connectivity index (χ3n) is 13.8. The molecule has 346 valence electrons.